The van der Waals surface area contributed by atoms with Gasteiger partial charge < -0.3 is 0 Å². The van der Waals surface area contributed by atoms with Gasteiger partial charge in [-0.15, -0.1) is 0 Å². The molecule has 2 aromatic carbocycles. The smallest absolute Gasteiger partial charge is 0.265 e. The topological polar surface area (TPSA) is 71.5 Å². The highest BCUT2D eigenvalue weighted by atomic mass is 79.9. The van der Waals surface area contributed by atoms with Crippen molar-refractivity contribution in [3.63, 3.8) is 0 Å². The fourth-order valence-corrected chi connectivity index (χ4v) is 5.17. The third-order valence-corrected chi connectivity index (χ3v) is 7.55. The van der Waals surface area contributed by atoms with E-state index in [1.54, 1.807) is 6.07 Å². The fourth-order valence-electron chi connectivity index (χ4n) is 2.25. The van der Waals surface area contributed by atoms with Gasteiger partial charge in [0, 0.05) is 17.8 Å². The average molecular weight is 432 g/mol. The largest absolute Gasteiger partial charge is 0.269 e. The maximum atomic E-state index is 13.0. The number of aryl methyl sites for hydroxylation is 2. The highest BCUT2D eigenvalue weighted by Crippen LogP contribution is 2.31. The van der Waals surface area contributed by atoms with Gasteiger partial charge in [0.2, 0.25) is 0 Å². The molecule has 24 heavy (non-hydrogen) atoms. The number of halogens is 1. The number of anilines is 1. The molecule has 130 valence electrons. The van der Waals surface area contributed by atoms with Gasteiger partial charge in [-0.3, -0.25) is 4.31 Å². The van der Waals surface area contributed by atoms with Crippen molar-refractivity contribution < 1.29 is 16.8 Å². The Morgan fingerprint density at radius 2 is 1.58 bits per heavy atom. The molecule has 0 aliphatic carbocycles. The van der Waals surface area contributed by atoms with Crippen molar-refractivity contribution in [2.24, 2.45) is 0 Å². The third-order valence-electron chi connectivity index (χ3n) is 3.67. The lowest BCUT2D eigenvalue weighted by molar-refractivity contribution is 0.593. The molecule has 0 atom stereocenters. The number of rotatable bonds is 4. The molecule has 0 fully saturated rings. The number of hydrogen-bond donors (Lipinski definition) is 0. The van der Waals surface area contributed by atoms with Gasteiger partial charge in [0.15, 0.2) is 9.84 Å². The van der Waals surface area contributed by atoms with Crippen LogP contribution < -0.4 is 4.31 Å². The van der Waals surface area contributed by atoms with Crippen LogP contribution in [0.4, 0.5) is 5.69 Å². The average Bonchev–Trinajstić information content (AvgIpc) is 2.48. The Kier molecular flexibility index (Phi) is 5.13. The van der Waals surface area contributed by atoms with Crippen LogP contribution in [0.5, 0.6) is 0 Å². The van der Waals surface area contributed by atoms with Crippen molar-refractivity contribution in [3.8, 4) is 0 Å². The van der Waals surface area contributed by atoms with Gasteiger partial charge in [-0.05, 0) is 65.2 Å². The van der Waals surface area contributed by atoms with E-state index in [9.17, 15) is 16.8 Å². The van der Waals surface area contributed by atoms with Gasteiger partial charge in [-0.25, -0.2) is 16.8 Å². The molecule has 0 unspecified atom stereocenters. The van der Waals surface area contributed by atoms with Crippen LogP contribution in [0.2, 0.25) is 0 Å². The zero-order valence-electron chi connectivity index (χ0n) is 13.7. The predicted molar refractivity (Wildman–Crippen MR) is 98.8 cm³/mol. The quantitative estimate of drug-likeness (QED) is 0.744. The summed E-state index contributed by atoms with van der Waals surface area (Å²) in [4.78, 5) is -0.132. The minimum absolute atomic E-state index is 0.0429. The molecular formula is C16H18BrNO4S2. The van der Waals surface area contributed by atoms with E-state index in [-0.39, 0.29) is 9.79 Å². The second-order valence-electron chi connectivity index (χ2n) is 5.63. The number of benzene rings is 2. The minimum Gasteiger partial charge on any atom is -0.269 e. The SMILES string of the molecule is Cc1ccc(C)c(N(C)S(=O)(=O)c2cc(S(C)(=O)=O)ccc2Br)c1. The van der Waals surface area contributed by atoms with E-state index in [1.807, 2.05) is 26.0 Å². The molecule has 0 N–H and O–H groups in total. The monoisotopic (exact) mass is 431 g/mol. The van der Waals surface area contributed by atoms with E-state index in [4.69, 9.17) is 0 Å². The summed E-state index contributed by atoms with van der Waals surface area (Å²) in [6, 6.07) is 9.51. The van der Waals surface area contributed by atoms with Gasteiger partial charge >= 0.3 is 0 Å². The molecule has 0 spiro atoms. The first-order chi connectivity index (χ1) is 10.9. The highest BCUT2D eigenvalue weighted by Gasteiger charge is 2.26. The first-order valence-corrected chi connectivity index (χ1v) is 11.1. The van der Waals surface area contributed by atoms with E-state index >= 15 is 0 Å². The summed E-state index contributed by atoms with van der Waals surface area (Å²) >= 11 is 3.21. The molecule has 0 bridgehead atoms. The van der Waals surface area contributed by atoms with Crippen molar-refractivity contribution in [2.75, 3.05) is 17.6 Å². The van der Waals surface area contributed by atoms with Gasteiger partial charge in [0.25, 0.3) is 10.0 Å². The van der Waals surface area contributed by atoms with Crippen LogP contribution in [0.15, 0.2) is 50.7 Å². The van der Waals surface area contributed by atoms with Crippen LogP contribution in [0, 0.1) is 13.8 Å². The molecule has 2 rings (SSSR count). The fraction of sp³-hybridized carbons (Fsp3) is 0.250. The summed E-state index contributed by atoms with van der Waals surface area (Å²) in [6.07, 6.45) is 1.04. The van der Waals surface area contributed by atoms with Crippen molar-refractivity contribution in [1.82, 2.24) is 0 Å². The lowest BCUT2D eigenvalue weighted by Gasteiger charge is -2.22. The Hall–Kier alpha value is -1.38. The Morgan fingerprint density at radius 1 is 0.958 bits per heavy atom. The molecule has 0 aliphatic heterocycles. The second kappa shape index (κ2) is 6.50. The summed E-state index contributed by atoms with van der Waals surface area (Å²) in [5, 5.41) is 0. The number of nitrogens with zero attached hydrogens (tertiary/aromatic N) is 1. The zero-order chi connectivity index (χ0) is 18.3. The number of hydrogen-bond acceptors (Lipinski definition) is 4. The molecule has 0 aliphatic rings. The van der Waals surface area contributed by atoms with Crippen LogP contribution >= 0.6 is 15.9 Å². The van der Waals surface area contributed by atoms with Gasteiger partial charge in [-0.1, -0.05) is 12.1 Å². The van der Waals surface area contributed by atoms with Crippen molar-refractivity contribution in [1.29, 1.82) is 0 Å². The molecule has 8 heteroatoms. The summed E-state index contributed by atoms with van der Waals surface area (Å²) in [6.45, 7) is 3.70. The predicted octanol–water partition coefficient (Wildman–Crippen LogP) is 3.29. The Morgan fingerprint density at radius 3 is 2.17 bits per heavy atom. The normalized spacial score (nSPS) is 12.2. The molecule has 0 saturated heterocycles. The third kappa shape index (κ3) is 3.65. The molecule has 0 aromatic heterocycles. The summed E-state index contributed by atoms with van der Waals surface area (Å²) < 4.78 is 51.0. The Bertz CT molecular complexity index is 999. The van der Waals surface area contributed by atoms with E-state index in [2.05, 4.69) is 15.9 Å². The summed E-state index contributed by atoms with van der Waals surface area (Å²) in [5.41, 5.74) is 2.29. The lowest BCUT2D eigenvalue weighted by atomic mass is 10.1. The van der Waals surface area contributed by atoms with E-state index < -0.39 is 19.9 Å². The van der Waals surface area contributed by atoms with Crippen LogP contribution in [0.25, 0.3) is 0 Å². The standard InChI is InChI=1S/C16H18BrNO4S2/c1-11-5-6-12(2)15(9-11)18(3)24(21,22)16-10-13(23(4,19)20)7-8-14(16)17/h5-10H,1-4H3. The van der Waals surface area contributed by atoms with Gasteiger partial charge in [0.05, 0.1) is 10.6 Å². The van der Waals surface area contributed by atoms with Crippen LogP contribution in [0.3, 0.4) is 0 Å². The molecule has 0 saturated carbocycles. The van der Waals surface area contributed by atoms with Gasteiger partial charge in [0.1, 0.15) is 4.90 Å². The highest BCUT2D eigenvalue weighted by molar-refractivity contribution is 9.10. The summed E-state index contributed by atoms with van der Waals surface area (Å²) in [5.74, 6) is 0. The summed E-state index contributed by atoms with van der Waals surface area (Å²) in [7, 11) is -5.98. The Balaban J connectivity index is 2.64. The van der Waals surface area contributed by atoms with Gasteiger partial charge in [-0.2, -0.15) is 0 Å². The minimum atomic E-state index is -3.92. The van der Waals surface area contributed by atoms with Crippen molar-refractivity contribution in [3.05, 3.63) is 52.0 Å². The van der Waals surface area contributed by atoms with E-state index in [0.29, 0.717) is 10.2 Å². The van der Waals surface area contributed by atoms with E-state index in [1.165, 1.54) is 29.6 Å². The lowest BCUT2D eigenvalue weighted by Crippen LogP contribution is -2.27. The second-order valence-corrected chi connectivity index (χ2v) is 10.4. The molecule has 2 aromatic rings. The zero-order valence-corrected chi connectivity index (χ0v) is 17.0. The van der Waals surface area contributed by atoms with Crippen molar-refractivity contribution in [2.45, 2.75) is 23.6 Å². The molecule has 5 nitrogen and oxygen atoms in total. The van der Waals surface area contributed by atoms with E-state index in [0.717, 1.165) is 17.4 Å². The van der Waals surface area contributed by atoms with Crippen LogP contribution in [-0.4, -0.2) is 30.1 Å². The molecular weight excluding hydrogens is 414 g/mol. The maximum Gasteiger partial charge on any atom is 0.265 e. The molecule has 0 radical (unpaired) electrons. The number of sulfone groups is 1. The first kappa shape index (κ1) is 19.0. The van der Waals surface area contributed by atoms with Crippen LogP contribution in [0.1, 0.15) is 11.1 Å². The number of sulfonamides is 1. The molecule has 0 heterocycles. The van der Waals surface area contributed by atoms with Crippen LogP contribution in [-0.2, 0) is 19.9 Å². The maximum absolute atomic E-state index is 13.0. The first-order valence-electron chi connectivity index (χ1n) is 7.00. The van der Waals surface area contributed by atoms with Crippen molar-refractivity contribution >= 4 is 41.5 Å². The molecule has 0 amide bonds. The Labute approximate surface area is 151 Å².